The number of rotatable bonds is 7. The molecule has 2 N–H and O–H groups in total. The second-order valence-corrected chi connectivity index (χ2v) is 8.86. The molecule has 0 atom stereocenters. The summed E-state index contributed by atoms with van der Waals surface area (Å²) >= 11 is 0. The smallest absolute Gasteiger partial charge is 0.338 e. The van der Waals surface area contributed by atoms with E-state index in [1.807, 2.05) is 6.92 Å². The van der Waals surface area contributed by atoms with E-state index in [4.69, 9.17) is 13.9 Å². The summed E-state index contributed by atoms with van der Waals surface area (Å²) in [6.45, 7) is 6.68. The number of phenols is 1. The van der Waals surface area contributed by atoms with Gasteiger partial charge in [-0.1, -0.05) is 6.92 Å². The van der Waals surface area contributed by atoms with E-state index in [0.29, 0.717) is 46.8 Å². The Bertz CT molecular complexity index is 1210. The van der Waals surface area contributed by atoms with Crippen molar-refractivity contribution >= 4 is 16.9 Å². The number of carbonyl (C=O) groups is 1. The lowest BCUT2D eigenvalue weighted by Crippen LogP contribution is -3.10. The zero-order valence-electron chi connectivity index (χ0n) is 19.8. The highest BCUT2D eigenvalue weighted by Crippen LogP contribution is 2.30. The first-order valence-corrected chi connectivity index (χ1v) is 12.0. The molecular weight excluding hydrogens is 434 g/mol. The van der Waals surface area contributed by atoms with Crippen LogP contribution < -0.4 is 15.1 Å². The number of aromatic hydroxyl groups is 1. The number of hydrogen-bond acceptors (Lipinski definition) is 6. The molecule has 34 heavy (non-hydrogen) atoms. The number of phenolic OH excluding ortho intramolecular Hbond substituents is 1. The fraction of sp³-hybridized carbons (Fsp3) is 0.407. The molecule has 0 aliphatic carbocycles. The normalized spacial score (nSPS) is 14.6. The number of likely N-dealkylation sites (tertiary alicyclic amines) is 1. The number of fused-ring (bicyclic) bond motifs is 1. The molecule has 7 heteroatoms. The molecule has 1 aliphatic rings. The van der Waals surface area contributed by atoms with Crippen LogP contribution in [0.25, 0.3) is 11.0 Å². The Hall–Kier alpha value is -3.32. The minimum Gasteiger partial charge on any atom is -0.507 e. The highest BCUT2D eigenvalue weighted by atomic mass is 16.5. The minimum absolute atomic E-state index is 0.0903. The lowest BCUT2D eigenvalue weighted by Gasteiger charge is -2.18. The van der Waals surface area contributed by atoms with Gasteiger partial charge in [-0.3, -0.25) is 4.79 Å². The van der Waals surface area contributed by atoms with Crippen molar-refractivity contribution in [3.8, 4) is 17.2 Å². The Labute approximate surface area is 198 Å². The number of benzene rings is 2. The SMILES string of the molecule is CCCOC(=O)c1ccc(Oc2c(C)oc3c(C[NH+]4CCCCCC4)c(O)ccc3c2=O)cc1. The van der Waals surface area contributed by atoms with Crippen LogP contribution in [0.5, 0.6) is 17.2 Å². The van der Waals surface area contributed by atoms with E-state index >= 15 is 0 Å². The number of carbonyl (C=O) groups excluding carboxylic acids is 1. The third kappa shape index (κ3) is 5.25. The molecule has 180 valence electrons. The molecule has 0 saturated carbocycles. The van der Waals surface area contributed by atoms with Crippen LogP contribution in [0.1, 0.15) is 60.7 Å². The molecular formula is C27H32NO6+. The van der Waals surface area contributed by atoms with Crippen molar-refractivity contribution in [2.75, 3.05) is 19.7 Å². The number of nitrogens with one attached hydrogen (secondary N) is 1. The zero-order chi connectivity index (χ0) is 24.1. The van der Waals surface area contributed by atoms with Crippen molar-refractivity contribution < 1.29 is 28.7 Å². The fourth-order valence-corrected chi connectivity index (χ4v) is 4.39. The van der Waals surface area contributed by atoms with Crippen molar-refractivity contribution in [2.24, 2.45) is 0 Å². The second kappa shape index (κ2) is 10.7. The van der Waals surface area contributed by atoms with Gasteiger partial charge in [0.15, 0.2) is 5.58 Å². The average Bonchev–Trinajstić information content (AvgIpc) is 3.11. The molecule has 1 saturated heterocycles. The van der Waals surface area contributed by atoms with Gasteiger partial charge < -0.3 is 23.9 Å². The van der Waals surface area contributed by atoms with Gasteiger partial charge in [-0.05, 0) is 75.4 Å². The Morgan fingerprint density at radius 1 is 1.06 bits per heavy atom. The monoisotopic (exact) mass is 466 g/mol. The molecule has 0 unspecified atom stereocenters. The molecule has 4 rings (SSSR count). The van der Waals surface area contributed by atoms with Crippen LogP contribution in [0.3, 0.4) is 0 Å². The van der Waals surface area contributed by atoms with Crippen molar-refractivity contribution in [1.29, 1.82) is 0 Å². The van der Waals surface area contributed by atoms with E-state index in [-0.39, 0.29) is 16.9 Å². The van der Waals surface area contributed by atoms with Gasteiger partial charge in [0.1, 0.15) is 23.8 Å². The van der Waals surface area contributed by atoms with Gasteiger partial charge in [0.05, 0.1) is 36.2 Å². The molecule has 1 aromatic heterocycles. The van der Waals surface area contributed by atoms with Gasteiger partial charge in [-0.15, -0.1) is 0 Å². The van der Waals surface area contributed by atoms with E-state index in [1.165, 1.54) is 17.7 Å². The molecule has 1 fully saturated rings. The van der Waals surface area contributed by atoms with Gasteiger partial charge in [-0.2, -0.15) is 0 Å². The molecule has 0 amide bonds. The van der Waals surface area contributed by atoms with Gasteiger partial charge in [0.2, 0.25) is 11.2 Å². The summed E-state index contributed by atoms with van der Waals surface area (Å²) < 4.78 is 17.1. The summed E-state index contributed by atoms with van der Waals surface area (Å²) in [4.78, 5) is 26.7. The second-order valence-electron chi connectivity index (χ2n) is 8.86. The first kappa shape index (κ1) is 23.8. The van der Waals surface area contributed by atoms with E-state index in [2.05, 4.69) is 0 Å². The Balaban J connectivity index is 1.62. The standard InChI is InChI=1S/C27H31NO6/c1-3-16-32-27(31)19-8-10-20(11-9-19)34-25-18(2)33-26-21(24(25)30)12-13-23(29)22(26)17-28-14-6-4-5-7-15-28/h8-13,29H,3-7,14-17H2,1-2H3/p+1. The van der Waals surface area contributed by atoms with Gasteiger partial charge >= 0.3 is 5.97 Å². The number of esters is 1. The summed E-state index contributed by atoms with van der Waals surface area (Å²) in [6.07, 6.45) is 5.55. The zero-order valence-corrected chi connectivity index (χ0v) is 19.8. The average molecular weight is 467 g/mol. The first-order chi connectivity index (χ1) is 16.5. The van der Waals surface area contributed by atoms with E-state index in [9.17, 15) is 14.7 Å². The molecule has 7 nitrogen and oxygen atoms in total. The van der Waals surface area contributed by atoms with Crippen LogP contribution in [0, 0.1) is 6.92 Å². The molecule has 3 aromatic rings. The maximum absolute atomic E-state index is 13.3. The van der Waals surface area contributed by atoms with Crippen molar-refractivity contribution in [2.45, 2.75) is 52.5 Å². The fourth-order valence-electron chi connectivity index (χ4n) is 4.39. The first-order valence-electron chi connectivity index (χ1n) is 12.0. The summed E-state index contributed by atoms with van der Waals surface area (Å²) in [5.74, 6) is 0.587. The van der Waals surface area contributed by atoms with Gasteiger partial charge in [0, 0.05) is 0 Å². The third-order valence-corrected chi connectivity index (χ3v) is 6.25. The molecule has 0 spiro atoms. The summed E-state index contributed by atoms with van der Waals surface area (Å²) in [5.41, 5.74) is 1.20. The van der Waals surface area contributed by atoms with E-state index in [1.54, 1.807) is 43.3 Å². The van der Waals surface area contributed by atoms with Crippen LogP contribution in [0.2, 0.25) is 0 Å². The summed E-state index contributed by atoms with van der Waals surface area (Å²) in [7, 11) is 0. The van der Waals surface area contributed by atoms with Crippen LogP contribution in [-0.4, -0.2) is 30.8 Å². The third-order valence-electron chi connectivity index (χ3n) is 6.25. The topological polar surface area (TPSA) is 90.4 Å². The number of ether oxygens (including phenoxy) is 2. The predicted molar refractivity (Wildman–Crippen MR) is 129 cm³/mol. The van der Waals surface area contributed by atoms with Gasteiger partial charge in [-0.25, -0.2) is 4.79 Å². The molecule has 2 heterocycles. The lowest BCUT2D eigenvalue weighted by atomic mass is 10.1. The largest absolute Gasteiger partial charge is 0.507 e. The van der Waals surface area contributed by atoms with Crippen LogP contribution >= 0.6 is 0 Å². The van der Waals surface area contributed by atoms with E-state index < -0.39 is 5.97 Å². The predicted octanol–water partition coefficient (Wildman–Crippen LogP) is 4.13. The van der Waals surface area contributed by atoms with Crippen LogP contribution in [-0.2, 0) is 11.3 Å². The highest BCUT2D eigenvalue weighted by molar-refractivity contribution is 5.89. The van der Waals surface area contributed by atoms with Crippen LogP contribution in [0.15, 0.2) is 45.6 Å². The Morgan fingerprint density at radius 3 is 2.44 bits per heavy atom. The van der Waals surface area contributed by atoms with Crippen molar-refractivity contribution in [1.82, 2.24) is 0 Å². The molecule has 0 bridgehead atoms. The number of hydrogen-bond donors (Lipinski definition) is 2. The Morgan fingerprint density at radius 2 is 1.76 bits per heavy atom. The Kier molecular flexibility index (Phi) is 7.53. The lowest BCUT2D eigenvalue weighted by molar-refractivity contribution is -0.913. The minimum atomic E-state index is -0.395. The van der Waals surface area contributed by atoms with E-state index in [0.717, 1.165) is 32.4 Å². The maximum Gasteiger partial charge on any atom is 0.338 e. The quantitative estimate of drug-likeness (QED) is 0.509. The molecule has 0 radical (unpaired) electrons. The van der Waals surface area contributed by atoms with Crippen molar-refractivity contribution in [3.63, 3.8) is 0 Å². The van der Waals surface area contributed by atoms with Crippen molar-refractivity contribution in [3.05, 3.63) is 63.5 Å². The van der Waals surface area contributed by atoms with Gasteiger partial charge in [0.25, 0.3) is 0 Å². The maximum atomic E-state index is 13.3. The number of aryl methyl sites for hydroxylation is 1. The number of quaternary nitrogens is 1. The molecule has 1 aliphatic heterocycles. The van der Waals surface area contributed by atoms with Crippen LogP contribution in [0.4, 0.5) is 0 Å². The summed E-state index contributed by atoms with van der Waals surface area (Å²) in [6, 6.07) is 9.59. The highest BCUT2D eigenvalue weighted by Gasteiger charge is 2.22. The summed E-state index contributed by atoms with van der Waals surface area (Å²) in [5, 5.41) is 11.0. The molecule has 2 aromatic carbocycles.